The molecule has 0 bridgehead atoms. The van der Waals surface area contributed by atoms with Gasteiger partial charge in [0.25, 0.3) is 0 Å². The maximum Gasteiger partial charge on any atom is 0.422 e. The number of fused-ring (bicyclic) bond motifs is 1. The van der Waals surface area contributed by atoms with Gasteiger partial charge in [-0.05, 0) is 26.0 Å². The second-order valence-corrected chi connectivity index (χ2v) is 4.83. The number of carbonyl (C=O) groups excluding carboxylic acids is 2. The lowest BCUT2D eigenvalue weighted by atomic mass is 10.1. The van der Waals surface area contributed by atoms with Crippen LogP contribution in [0.15, 0.2) is 24.3 Å². The number of hydrogen-bond donors (Lipinski definition) is 1. The standard InChI is InChI=1S/C13H14N2O4/c1-8(2)15-10-6-4-3-5-9(10)14-7-13(15)18-11(16)12(17)19-13/h3-6,8,14H,7H2,1-2H3. The molecule has 3 rings (SSSR count). The fourth-order valence-electron chi connectivity index (χ4n) is 2.54. The first-order valence-corrected chi connectivity index (χ1v) is 6.12. The number of esters is 2. The highest BCUT2D eigenvalue weighted by molar-refractivity contribution is 6.31. The highest BCUT2D eigenvalue weighted by Gasteiger charge is 2.56. The highest BCUT2D eigenvalue weighted by Crippen LogP contribution is 2.40. The van der Waals surface area contributed by atoms with Crippen LogP contribution in [-0.4, -0.2) is 30.4 Å². The van der Waals surface area contributed by atoms with E-state index >= 15 is 0 Å². The molecule has 0 atom stereocenters. The maximum atomic E-state index is 11.4. The van der Waals surface area contributed by atoms with Crippen molar-refractivity contribution >= 4 is 23.3 Å². The molecule has 6 nitrogen and oxygen atoms in total. The molecule has 0 aliphatic carbocycles. The Kier molecular flexibility index (Phi) is 2.41. The topological polar surface area (TPSA) is 67.9 Å². The summed E-state index contributed by atoms with van der Waals surface area (Å²) in [4.78, 5) is 24.6. The predicted octanol–water partition coefficient (Wildman–Crippen LogP) is 1.08. The predicted molar refractivity (Wildman–Crippen MR) is 67.5 cm³/mol. The van der Waals surface area contributed by atoms with Crippen molar-refractivity contribution < 1.29 is 19.1 Å². The summed E-state index contributed by atoms with van der Waals surface area (Å²) in [6.07, 6.45) is 0. The smallest absolute Gasteiger partial charge is 0.393 e. The average Bonchev–Trinajstić information content (AvgIpc) is 2.64. The molecule has 1 aromatic rings. The van der Waals surface area contributed by atoms with Crippen LogP contribution < -0.4 is 10.2 Å². The molecule has 1 N–H and O–H groups in total. The molecule has 2 aliphatic rings. The van der Waals surface area contributed by atoms with Gasteiger partial charge in [0.1, 0.15) is 6.54 Å². The van der Waals surface area contributed by atoms with Crippen LogP contribution in [0.25, 0.3) is 0 Å². The van der Waals surface area contributed by atoms with Crippen molar-refractivity contribution in [2.45, 2.75) is 25.8 Å². The SMILES string of the molecule is CC(C)N1c2ccccc2NCC12OC(=O)C(=O)O2. The third kappa shape index (κ3) is 1.63. The second kappa shape index (κ2) is 3.88. The van der Waals surface area contributed by atoms with E-state index in [9.17, 15) is 9.59 Å². The third-order valence-electron chi connectivity index (χ3n) is 3.22. The zero-order chi connectivity index (χ0) is 13.6. The lowest BCUT2D eigenvalue weighted by molar-refractivity contribution is -0.175. The Morgan fingerprint density at radius 1 is 1.21 bits per heavy atom. The van der Waals surface area contributed by atoms with Crippen LogP contribution in [0.4, 0.5) is 11.4 Å². The molecule has 1 aromatic carbocycles. The molecule has 100 valence electrons. The molecule has 0 aromatic heterocycles. The molecule has 1 spiro atoms. The summed E-state index contributed by atoms with van der Waals surface area (Å²) in [5, 5.41) is 3.13. The van der Waals surface area contributed by atoms with E-state index in [1.807, 2.05) is 43.0 Å². The third-order valence-corrected chi connectivity index (χ3v) is 3.22. The van der Waals surface area contributed by atoms with Crippen molar-refractivity contribution in [1.82, 2.24) is 0 Å². The van der Waals surface area contributed by atoms with Gasteiger partial charge >= 0.3 is 17.8 Å². The fraction of sp³-hybridized carbons (Fsp3) is 0.385. The van der Waals surface area contributed by atoms with E-state index in [1.165, 1.54) is 0 Å². The van der Waals surface area contributed by atoms with Gasteiger partial charge in [-0.2, -0.15) is 0 Å². The van der Waals surface area contributed by atoms with Crippen LogP contribution in [0.1, 0.15) is 13.8 Å². The first-order valence-electron chi connectivity index (χ1n) is 6.12. The van der Waals surface area contributed by atoms with Crippen molar-refractivity contribution in [1.29, 1.82) is 0 Å². The van der Waals surface area contributed by atoms with Crippen LogP contribution in [0.3, 0.4) is 0 Å². The molecule has 0 unspecified atom stereocenters. The normalized spacial score (nSPS) is 20.1. The summed E-state index contributed by atoms with van der Waals surface area (Å²) < 4.78 is 10.4. The lowest BCUT2D eigenvalue weighted by Crippen LogP contribution is -2.60. The van der Waals surface area contributed by atoms with E-state index in [2.05, 4.69) is 5.32 Å². The Hall–Kier alpha value is -2.24. The molecule has 1 saturated heterocycles. The number of ether oxygens (including phenoxy) is 2. The Labute approximate surface area is 110 Å². The highest BCUT2D eigenvalue weighted by atomic mass is 16.8. The summed E-state index contributed by atoms with van der Waals surface area (Å²) in [6, 6.07) is 7.61. The van der Waals surface area contributed by atoms with E-state index < -0.39 is 17.8 Å². The summed E-state index contributed by atoms with van der Waals surface area (Å²) in [7, 11) is 0. The van der Waals surface area contributed by atoms with Gasteiger partial charge in [-0.15, -0.1) is 0 Å². The molecule has 2 heterocycles. The van der Waals surface area contributed by atoms with Crippen LogP contribution in [0.5, 0.6) is 0 Å². The van der Waals surface area contributed by atoms with E-state index in [0.29, 0.717) is 0 Å². The zero-order valence-corrected chi connectivity index (χ0v) is 10.7. The van der Waals surface area contributed by atoms with Crippen LogP contribution in [0.2, 0.25) is 0 Å². The van der Waals surface area contributed by atoms with E-state index in [4.69, 9.17) is 9.47 Å². The van der Waals surface area contributed by atoms with Gasteiger partial charge in [0.05, 0.1) is 11.4 Å². The number of carbonyl (C=O) groups is 2. The molecule has 2 aliphatic heterocycles. The van der Waals surface area contributed by atoms with Crippen molar-refractivity contribution in [3.05, 3.63) is 24.3 Å². The van der Waals surface area contributed by atoms with E-state index in [-0.39, 0.29) is 12.6 Å². The molecule has 0 saturated carbocycles. The van der Waals surface area contributed by atoms with Gasteiger partial charge in [0.2, 0.25) is 0 Å². The molecule has 6 heteroatoms. The lowest BCUT2D eigenvalue weighted by Gasteiger charge is -2.45. The van der Waals surface area contributed by atoms with Crippen molar-refractivity contribution in [2.75, 3.05) is 16.8 Å². The quantitative estimate of drug-likeness (QED) is 0.603. The van der Waals surface area contributed by atoms with Gasteiger partial charge in [-0.3, -0.25) is 4.90 Å². The molecular formula is C13H14N2O4. The van der Waals surface area contributed by atoms with Crippen molar-refractivity contribution in [2.24, 2.45) is 0 Å². The summed E-state index contributed by atoms with van der Waals surface area (Å²) in [5.74, 6) is -3.28. The van der Waals surface area contributed by atoms with Gasteiger partial charge < -0.3 is 14.8 Å². The second-order valence-electron chi connectivity index (χ2n) is 4.83. The molecule has 19 heavy (non-hydrogen) atoms. The Morgan fingerprint density at radius 3 is 2.47 bits per heavy atom. The van der Waals surface area contributed by atoms with Gasteiger partial charge in [-0.1, -0.05) is 12.1 Å². The first-order chi connectivity index (χ1) is 9.03. The number of nitrogens with zero attached hydrogens (tertiary/aromatic N) is 1. The van der Waals surface area contributed by atoms with Gasteiger partial charge in [0.15, 0.2) is 0 Å². The van der Waals surface area contributed by atoms with E-state index in [1.54, 1.807) is 0 Å². The monoisotopic (exact) mass is 262 g/mol. The Balaban J connectivity index is 2.09. The summed E-state index contributed by atoms with van der Waals surface area (Å²) in [6.45, 7) is 4.10. The minimum Gasteiger partial charge on any atom is -0.393 e. The minimum atomic E-state index is -1.38. The largest absolute Gasteiger partial charge is 0.422 e. The molecule has 0 radical (unpaired) electrons. The zero-order valence-electron chi connectivity index (χ0n) is 10.7. The first kappa shape index (κ1) is 11.8. The number of nitrogens with one attached hydrogen (secondary N) is 1. The number of benzene rings is 1. The molecule has 0 amide bonds. The minimum absolute atomic E-state index is 0.00181. The number of rotatable bonds is 1. The number of anilines is 2. The van der Waals surface area contributed by atoms with Crippen LogP contribution in [0, 0.1) is 0 Å². The number of hydrogen-bond acceptors (Lipinski definition) is 6. The van der Waals surface area contributed by atoms with Gasteiger partial charge in [0, 0.05) is 6.04 Å². The fourth-order valence-corrected chi connectivity index (χ4v) is 2.54. The van der Waals surface area contributed by atoms with E-state index in [0.717, 1.165) is 11.4 Å². The van der Waals surface area contributed by atoms with Crippen LogP contribution >= 0.6 is 0 Å². The average molecular weight is 262 g/mol. The maximum absolute atomic E-state index is 11.4. The molecular weight excluding hydrogens is 248 g/mol. The molecule has 1 fully saturated rings. The number of para-hydroxylation sites is 2. The summed E-state index contributed by atoms with van der Waals surface area (Å²) in [5.41, 5.74) is 1.76. The Bertz CT molecular complexity index is 539. The van der Waals surface area contributed by atoms with Crippen molar-refractivity contribution in [3.8, 4) is 0 Å². The Morgan fingerprint density at radius 2 is 1.84 bits per heavy atom. The van der Waals surface area contributed by atoms with Crippen molar-refractivity contribution in [3.63, 3.8) is 0 Å². The summed E-state index contributed by atoms with van der Waals surface area (Å²) >= 11 is 0. The van der Waals surface area contributed by atoms with Crippen LogP contribution in [-0.2, 0) is 19.1 Å². The van der Waals surface area contributed by atoms with Gasteiger partial charge in [-0.25, -0.2) is 9.59 Å².